The van der Waals surface area contributed by atoms with E-state index in [1.54, 1.807) is 6.34 Å². The Bertz CT molecular complexity index is 540. The third kappa shape index (κ3) is 2.00. The predicted octanol–water partition coefficient (Wildman–Crippen LogP) is 0.429. The summed E-state index contributed by atoms with van der Waals surface area (Å²) in [7, 11) is 0. The lowest BCUT2D eigenvalue weighted by atomic mass is 9.80. The minimum atomic E-state index is 0.140. The molecule has 0 aromatic rings. The highest BCUT2D eigenvalue weighted by Crippen LogP contribution is 2.37. The summed E-state index contributed by atoms with van der Waals surface area (Å²) in [5.41, 5.74) is 0. The van der Waals surface area contributed by atoms with Gasteiger partial charge >= 0.3 is 0 Å². The molecule has 4 aliphatic rings. The van der Waals surface area contributed by atoms with Crippen molar-refractivity contribution in [1.29, 1.82) is 0 Å². The van der Waals surface area contributed by atoms with Crippen LogP contribution in [0.1, 0.15) is 19.8 Å². The molecule has 2 saturated heterocycles. The van der Waals surface area contributed by atoms with Gasteiger partial charge in [0.05, 0.1) is 5.92 Å². The van der Waals surface area contributed by atoms with Crippen molar-refractivity contribution in [1.82, 2.24) is 15.1 Å². The number of fused-ring (bicyclic) bond motifs is 2. The second-order valence-electron chi connectivity index (χ2n) is 6.23. The molecule has 0 aliphatic carbocycles. The first kappa shape index (κ1) is 13.0. The van der Waals surface area contributed by atoms with E-state index in [0.717, 1.165) is 37.8 Å². The molecule has 4 rings (SSSR count). The fourth-order valence-electron chi connectivity index (χ4n) is 3.93. The summed E-state index contributed by atoms with van der Waals surface area (Å²) in [5.74, 6) is 2.24. The van der Waals surface area contributed by atoms with E-state index >= 15 is 0 Å². The van der Waals surface area contributed by atoms with Crippen LogP contribution in [0.2, 0.25) is 0 Å². The monoisotopic (exact) mass is 287 g/mol. The van der Waals surface area contributed by atoms with E-state index in [4.69, 9.17) is 0 Å². The van der Waals surface area contributed by atoms with Crippen molar-refractivity contribution < 1.29 is 4.79 Å². The molecule has 2 fully saturated rings. The maximum Gasteiger partial charge on any atom is 0.222 e. The van der Waals surface area contributed by atoms with E-state index in [-0.39, 0.29) is 18.0 Å². The van der Waals surface area contributed by atoms with Gasteiger partial charge in [-0.1, -0.05) is 13.0 Å². The van der Waals surface area contributed by atoms with Crippen LogP contribution in [0.5, 0.6) is 0 Å². The number of nitrogens with one attached hydrogen (secondary N) is 1. The number of rotatable bonds is 2. The van der Waals surface area contributed by atoms with Gasteiger partial charge in [0.15, 0.2) is 0 Å². The number of amides is 1. The van der Waals surface area contributed by atoms with E-state index in [0.29, 0.717) is 12.5 Å². The molecule has 112 valence electrons. The van der Waals surface area contributed by atoms with Crippen molar-refractivity contribution in [2.45, 2.75) is 32.0 Å². The first-order valence-corrected chi connectivity index (χ1v) is 7.84. The van der Waals surface area contributed by atoms with Crippen molar-refractivity contribution in [2.75, 3.05) is 19.6 Å². The van der Waals surface area contributed by atoms with Crippen molar-refractivity contribution in [2.24, 2.45) is 21.8 Å². The molecule has 0 spiro atoms. The maximum atomic E-state index is 11.9. The van der Waals surface area contributed by atoms with Crippen LogP contribution in [-0.4, -0.2) is 59.7 Å². The first-order chi connectivity index (χ1) is 10.3. The van der Waals surface area contributed by atoms with Crippen LogP contribution in [-0.2, 0) is 4.79 Å². The summed E-state index contributed by atoms with van der Waals surface area (Å²) < 4.78 is 0. The lowest BCUT2D eigenvalue weighted by molar-refractivity contribution is -0.140. The molecule has 6 nitrogen and oxygen atoms in total. The van der Waals surface area contributed by atoms with Crippen molar-refractivity contribution in [3.05, 3.63) is 12.3 Å². The summed E-state index contributed by atoms with van der Waals surface area (Å²) >= 11 is 0. The quantitative estimate of drug-likeness (QED) is 0.801. The van der Waals surface area contributed by atoms with Gasteiger partial charge < -0.3 is 10.2 Å². The Balaban J connectivity index is 1.48. The Morgan fingerprint density at radius 1 is 1.48 bits per heavy atom. The zero-order chi connectivity index (χ0) is 14.4. The fraction of sp³-hybridized carbons (Fsp3) is 0.667. The number of hydrogen-bond acceptors (Lipinski definition) is 5. The van der Waals surface area contributed by atoms with Crippen molar-refractivity contribution >= 4 is 18.1 Å². The van der Waals surface area contributed by atoms with Gasteiger partial charge in [0.1, 0.15) is 18.3 Å². The average Bonchev–Trinajstić information content (AvgIpc) is 2.97. The summed E-state index contributed by atoms with van der Waals surface area (Å²) in [5, 5.41) is 3.19. The Labute approximate surface area is 124 Å². The zero-order valence-electron chi connectivity index (χ0n) is 12.3. The van der Waals surface area contributed by atoms with Crippen LogP contribution in [0, 0.1) is 11.8 Å². The third-order valence-corrected chi connectivity index (χ3v) is 5.18. The predicted molar refractivity (Wildman–Crippen MR) is 81.0 cm³/mol. The van der Waals surface area contributed by atoms with Gasteiger partial charge in [-0.3, -0.25) is 14.7 Å². The maximum absolute atomic E-state index is 11.9. The minimum Gasteiger partial charge on any atom is -0.350 e. The average molecular weight is 287 g/mol. The van der Waals surface area contributed by atoms with Crippen LogP contribution in [0.15, 0.2) is 22.3 Å². The number of piperidine rings is 1. The van der Waals surface area contributed by atoms with Gasteiger partial charge in [-0.05, 0) is 18.5 Å². The Morgan fingerprint density at radius 2 is 2.38 bits per heavy atom. The molecule has 1 amide bonds. The van der Waals surface area contributed by atoms with E-state index in [2.05, 4.69) is 26.3 Å². The van der Waals surface area contributed by atoms with E-state index in [1.807, 2.05) is 18.0 Å². The topological polar surface area (TPSA) is 60.3 Å². The molecule has 4 atom stereocenters. The minimum absolute atomic E-state index is 0.140. The molecule has 21 heavy (non-hydrogen) atoms. The van der Waals surface area contributed by atoms with E-state index in [1.165, 1.54) is 0 Å². The van der Waals surface area contributed by atoms with Gasteiger partial charge in [-0.2, -0.15) is 0 Å². The van der Waals surface area contributed by atoms with Gasteiger partial charge in [-0.25, -0.2) is 4.99 Å². The second-order valence-corrected chi connectivity index (χ2v) is 6.23. The smallest absolute Gasteiger partial charge is 0.222 e. The van der Waals surface area contributed by atoms with Crippen LogP contribution in [0.25, 0.3) is 0 Å². The zero-order valence-corrected chi connectivity index (χ0v) is 12.3. The lowest BCUT2D eigenvalue weighted by Gasteiger charge is -2.56. The number of aliphatic imine (C=N–C) groups is 2. The Kier molecular flexibility index (Phi) is 3.06. The van der Waals surface area contributed by atoms with Gasteiger partial charge in [0.25, 0.3) is 0 Å². The third-order valence-electron chi connectivity index (χ3n) is 5.18. The molecule has 1 N–H and O–H groups in total. The number of carbonyl (C=O) groups excluding carboxylic acids is 1. The Hall–Kier alpha value is -1.69. The largest absolute Gasteiger partial charge is 0.350 e. The molecule has 4 aliphatic heterocycles. The summed E-state index contributed by atoms with van der Waals surface area (Å²) in [6, 6.07) is 0.463. The molecule has 0 bridgehead atoms. The molecule has 0 aromatic carbocycles. The first-order valence-electron chi connectivity index (χ1n) is 7.84. The number of carbonyl (C=O) groups is 1. The standard InChI is InChI=1S/C15H21N5O/c1-2-13(21)19-6-4-10-7-20(12(10)8-19)15-11-3-5-16-14(11)17-9-18-15/h3,5,9-12,15H,2,4,6-8H2,1H3,(H,16,17,18)/t10-,11?,12-,15?/m1/s1. The van der Waals surface area contributed by atoms with E-state index < -0.39 is 0 Å². The van der Waals surface area contributed by atoms with Gasteiger partial charge in [-0.15, -0.1) is 0 Å². The van der Waals surface area contributed by atoms with Gasteiger partial charge in [0, 0.05) is 32.1 Å². The molecular weight excluding hydrogens is 266 g/mol. The summed E-state index contributed by atoms with van der Waals surface area (Å²) in [6.07, 6.45) is 7.64. The molecule has 6 heteroatoms. The second kappa shape index (κ2) is 4.94. The van der Waals surface area contributed by atoms with Crippen molar-refractivity contribution in [3.63, 3.8) is 0 Å². The molecule has 0 radical (unpaired) electrons. The number of nitrogens with zero attached hydrogens (tertiary/aromatic N) is 4. The van der Waals surface area contributed by atoms with Crippen LogP contribution < -0.4 is 5.32 Å². The Morgan fingerprint density at radius 3 is 3.24 bits per heavy atom. The molecule has 0 aromatic heterocycles. The van der Waals surface area contributed by atoms with Crippen LogP contribution >= 0.6 is 0 Å². The molecule has 0 saturated carbocycles. The highest BCUT2D eigenvalue weighted by atomic mass is 16.2. The van der Waals surface area contributed by atoms with Gasteiger partial charge in [0.2, 0.25) is 5.91 Å². The SMILES string of the molecule is CCC(=O)N1CC[C@@H]2CN(C3N=CN=C4NC=CC43)[C@@H]2C1. The van der Waals surface area contributed by atoms with Crippen LogP contribution in [0.4, 0.5) is 0 Å². The fourth-order valence-corrected chi connectivity index (χ4v) is 3.93. The van der Waals surface area contributed by atoms with Crippen LogP contribution in [0.3, 0.4) is 0 Å². The molecular formula is C15H21N5O. The lowest BCUT2D eigenvalue weighted by Crippen LogP contribution is -2.68. The normalized spacial score (nSPS) is 37.4. The summed E-state index contributed by atoms with van der Waals surface area (Å²) in [6.45, 7) is 4.82. The number of amidine groups is 1. The number of likely N-dealkylation sites (tertiary alicyclic amines) is 2. The van der Waals surface area contributed by atoms with E-state index in [9.17, 15) is 4.79 Å². The highest BCUT2D eigenvalue weighted by molar-refractivity contribution is 5.96. The summed E-state index contributed by atoms with van der Waals surface area (Å²) in [4.78, 5) is 25.3. The highest BCUT2D eigenvalue weighted by Gasteiger charge is 2.48. The number of hydrogen-bond donors (Lipinski definition) is 1. The van der Waals surface area contributed by atoms with Crippen molar-refractivity contribution in [3.8, 4) is 0 Å². The molecule has 4 heterocycles. The molecule has 2 unspecified atom stereocenters.